The second-order valence-electron chi connectivity index (χ2n) is 5.88. The summed E-state index contributed by atoms with van der Waals surface area (Å²) in [6.45, 7) is 3.42. The van der Waals surface area contributed by atoms with E-state index in [2.05, 4.69) is 34.5 Å². The van der Waals surface area contributed by atoms with Crippen LogP contribution in [0.4, 0.5) is 5.69 Å². The highest BCUT2D eigenvalue weighted by Crippen LogP contribution is 2.29. The summed E-state index contributed by atoms with van der Waals surface area (Å²) in [6.07, 6.45) is 4.71. The number of likely N-dealkylation sites (tertiary alicyclic amines) is 1. The van der Waals surface area contributed by atoms with Crippen molar-refractivity contribution in [2.24, 2.45) is 0 Å². The highest BCUT2D eigenvalue weighted by molar-refractivity contribution is 5.56. The van der Waals surface area contributed by atoms with Gasteiger partial charge in [0, 0.05) is 31.4 Å². The van der Waals surface area contributed by atoms with Crippen molar-refractivity contribution in [2.75, 3.05) is 25.0 Å². The molecule has 1 aromatic rings. The quantitative estimate of drug-likeness (QED) is 0.860. The van der Waals surface area contributed by atoms with Crippen LogP contribution < -0.4 is 5.32 Å². The lowest BCUT2D eigenvalue weighted by atomic mass is 10.1. The van der Waals surface area contributed by atoms with Crippen LogP contribution in [-0.2, 0) is 11.2 Å². The van der Waals surface area contributed by atoms with E-state index in [0.717, 1.165) is 19.6 Å². The van der Waals surface area contributed by atoms with Crippen molar-refractivity contribution in [3.8, 4) is 0 Å². The number of para-hydroxylation sites is 1. The number of benzene rings is 1. The molecule has 96 valence electrons. The molecule has 0 spiro atoms. The normalized spacial score (nSPS) is 34.3. The maximum Gasteiger partial charge on any atom is 0.0707 e. The predicted molar refractivity (Wildman–Crippen MR) is 71.9 cm³/mol. The monoisotopic (exact) mass is 244 g/mol. The van der Waals surface area contributed by atoms with Crippen LogP contribution >= 0.6 is 0 Å². The SMILES string of the molecule is c1ccc2c(c1)CC(CN1CC3CCC(C1)O3)N2. The number of hydrogen-bond donors (Lipinski definition) is 1. The van der Waals surface area contributed by atoms with Gasteiger partial charge in [0.2, 0.25) is 0 Å². The van der Waals surface area contributed by atoms with E-state index in [4.69, 9.17) is 4.74 Å². The Morgan fingerprint density at radius 2 is 1.94 bits per heavy atom. The maximum absolute atomic E-state index is 5.89. The average molecular weight is 244 g/mol. The number of anilines is 1. The highest BCUT2D eigenvalue weighted by atomic mass is 16.5. The van der Waals surface area contributed by atoms with Crippen LogP contribution in [0.2, 0.25) is 0 Å². The van der Waals surface area contributed by atoms with Gasteiger partial charge in [-0.15, -0.1) is 0 Å². The van der Waals surface area contributed by atoms with E-state index in [9.17, 15) is 0 Å². The summed E-state index contributed by atoms with van der Waals surface area (Å²) in [5.41, 5.74) is 2.80. The molecule has 0 radical (unpaired) electrons. The zero-order valence-corrected chi connectivity index (χ0v) is 10.6. The fourth-order valence-electron chi connectivity index (χ4n) is 3.65. The Kier molecular flexibility index (Phi) is 2.55. The van der Waals surface area contributed by atoms with Crippen LogP contribution in [0.3, 0.4) is 0 Å². The first kappa shape index (κ1) is 10.8. The third-order valence-corrected chi connectivity index (χ3v) is 4.44. The molecule has 3 nitrogen and oxygen atoms in total. The van der Waals surface area contributed by atoms with Gasteiger partial charge in [0.05, 0.1) is 12.2 Å². The van der Waals surface area contributed by atoms with E-state index >= 15 is 0 Å². The number of nitrogens with zero attached hydrogens (tertiary/aromatic N) is 1. The lowest BCUT2D eigenvalue weighted by Crippen LogP contribution is -2.46. The van der Waals surface area contributed by atoms with Gasteiger partial charge < -0.3 is 10.1 Å². The zero-order valence-electron chi connectivity index (χ0n) is 10.6. The van der Waals surface area contributed by atoms with Crippen LogP contribution in [0.1, 0.15) is 18.4 Å². The molecule has 3 atom stereocenters. The Balaban J connectivity index is 1.40. The van der Waals surface area contributed by atoms with Crippen LogP contribution in [-0.4, -0.2) is 42.8 Å². The lowest BCUT2D eigenvalue weighted by Gasteiger charge is -2.33. The van der Waals surface area contributed by atoms with Crippen LogP contribution in [0.5, 0.6) is 0 Å². The topological polar surface area (TPSA) is 24.5 Å². The number of ether oxygens (including phenoxy) is 1. The van der Waals surface area contributed by atoms with Crippen molar-refractivity contribution in [3.63, 3.8) is 0 Å². The molecule has 1 aromatic carbocycles. The first-order valence-electron chi connectivity index (χ1n) is 7.09. The zero-order chi connectivity index (χ0) is 11.9. The Hall–Kier alpha value is -1.06. The van der Waals surface area contributed by atoms with E-state index in [1.165, 1.54) is 30.5 Å². The van der Waals surface area contributed by atoms with Crippen LogP contribution in [0, 0.1) is 0 Å². The first-order valence-corrected chi connectivity index (χ1v) is 7.09. The highest BCUT2D eigenvalue weighted by Gasteiger charge is 2.35. The van der Waals surface area contributed by atoms with E-state index in [1.54, 1.807) is 0 Å². The second-order valence-corrected chi connectivity index (χ2v) is 5.88. The van der Waals surface area contributed by atoms with Gasteiger partial charge in [-0.25, -0.2) is 0 Å². The van der Waals surface area contributed by atoms with Crippen LogP contribution in [0.25, 0.3) is 0 Å². The van der Waals surface area contributed by atoms with Crippen molar-refractivity contribution in [3.05, 3.63) is 29.8 Å². The molecule has 3 unspecified atom stereocenters. The van der Waals surface area contributed by atoms with Crippen molar-refractivity contribution in [2.45, 2.75) is 37.5 Å². The molecule has 3 aliphatic heterocycles. The Morgan fingerprint density at radius 3 is 2.72 bits per heavy atom. The van der Waals surface area contributed by atoms with Crippen molar-refractivity contribution < 1.29 is 4.74 Å². The van der Waals surface area contributed by atoms with Gasteiger partial charge in [-0.2, -0.15) is 0 Å². The summed E-state index contributed by atoms with van der Waals surface area (Å²) in [5, 5.41) is 3.65. The van der Waals surface area contributed by atoms with Crippen molar-refractivity contribution >= 4 is 5.69 Å². The predicted octanol–water partition coefficient (Wildman–Crippen LogP) is 1.89. The van der Waals surface area contributed by atoms with Gasteiger partial charge in [0.15, 0.2) is 0 Å². The third-order valence-electron chi connectivity index (χ3n) is 4.44. The lowest BCUT2D eigenvalue weighted by molar-refractivity contribution is -0.0389. The molecule has 3 aliphatic rings. The Bertz CT molecular complexity index is 411. The Morgan fingerprint density at radius 1 is 1.17 bits per heavy atom. The minimum absolute atomic E-state index is 0.507. The maximum atomic E-state index is 5.89. The molecule has 0 aromatic heterocycles. The summed E-state index contributed by atoms with van der Waals surface area (Å²) < 4.78 is 5.89. The molecular weight excluding hydrogens is 224 g/mol. The molecule has 1 N–H and O–H groups in total. The number of hydrogen-bond acceptors (Lipinski definition) is 3. The summed E-state index contributed by atoms with van der Waals surface area (Å²) in [4.78, 5) is 2.59. The molecule has 18 heavy (non-hydrogen) atoms. The molecule has 3 heterocycles. The van der Waals surface area contributed by atoms with Gasteiger partial charge in [-0.05, 0) is 30.9 Å². The molecule has 0 saturated carbocycles. The number of fused-ring (bicyclic) bond motifs is 3. The standard InChI is InChI=1S/C15H20N2O/c1-2-4-15-11(3-1)7-12(16-15)8-17-9-13-5-6-14(10-17)18-13/h1-4,12-14,16H,5-10H2. The molecule has 3 heteroatoms. The molecule has 2 fully saturated rings. The first-order chi connectivity index (χ1) is 8.87. The van der Waals surface area contributed by atoms with E-state index < -0.39 is 0 Å². The van der Waals surface area contributed by atoms with Crippen LogP contribution in [0.15, 0.2) is 24.3 Å². The van der Waals surface area contributed by atoms with Gasteiger partial charge in [-0.3, -0.25) is 4.90 Å². The summed E-state index contributed by atoms with van der Waals surface area (Å²) >= 11 is 0. The van der Waals surface area contributed by atoms with Gasteiger partial charge in [0.25, 0.3) is 0 Å². The van der Waals surface area contributed by atoms with Crippen molar-refractivity contribution in [1.29, 1.82) is 0 Å². The minimum Gasteiger partial charge on any atom is -0.380 e. The number of morpholine rings is 1. The van der Waals surface area contributed by atoms with Gasteiger partial charge in [-0.1, -0.05) is 18.2 Å². The van der Waals surface area contributed by atoms with Gasteiger partial charge >= 0.3 is 0 Å². The molecule has 2 saturated heterocycles. The number of nitrogens with one attached hydrogen (secondary N) is 1. The largest absolute Gasteiger partial charge is 0.380 e. The summed E-state index contributed by atoms with van der Waals surface area (Å²) in [5.74, 6) is 0. The van der Waals surface area contributed by atoms with E-state index in [0.29, 0.717) is 18.2 Å². The summed E-state index contributed by atoms with van der Waals surface area (Å²) in [7, 11) is 0. The molecule has 4 rings (SSSR count). The average Bonchev–Trinajstić information content (AvgIpc) is 2.92. The molecule has 0 aliphatic carbocycles. The second kappa shape index (κ2) is 4.25. The van der Waals surface area contributed by atoms with E-state index in [-0.39, 0.29) is 0 Å². The molecule has 2 bridgehead atoms. The van der Waals surface area contributed by atoms with Gasteiger partial charge in [0.1, 0.15) is 0 Å². The number of rotatable bonds is 2. The minimum atomic E-state index is 0.507. The summed E-state index contributed by atoms with van der Waals surface area (Å²) in [6, 6.07) is 9.27. The fraction of sp³-hybridized carbons (Fsp3) is 0.600. The smallest absolute Gasteiger partial charge is 0.0707 e. The van der Waals surface area contributed by atoms with E-state index in [1.807, 2.05) is 0 Å². The fourth-order valence-corrected chi connectivity index (χ4v) is 3.65. The Labute approximate surface area is 108 Å². The van der Waals surface area contributed by atoms with Crippen molar-refractivity contribution in [1.82, 2.24) is 4.90 Å². The molecule has 0 amide bonds. The molecular formula is C15H20N2O. The third kappa shape index (κ3) is 1.91.